The molecule has 170 valence electrons. The quantitative estimate of drug-likeness (QED) is 0.505. The molecule has 0 saturated heterocycles. The lowest BCUT2D eigenvalue weighted by Gasteiger charge is -2.32. The molecule has 0 radical (unpaired) electrons. The first kappa shape index (κ1) is 22.6. The van der Waals surface area contributed by atoms with Gasteiger partial charge < -0.3 is 15.3 Å². The molecule has 1 unspecified atom stereocenters. The van der Waals surface area contributed by atoms with Crippen molar-refractivity contribution in [2.24, 2.45) is 0 Å². The number of aromatic hydroxyl groups is 1. The Kier molecular flexibility index (Phi) is 7.08. The number of hydrogen-bond acceptors (Lipinski definition) is 3. The van der Waals surface area contributed by atoms with Crippen molar-refractivity contribution in [2.45, 2.75) is 51.2 Å². The Balaban J connectivity index is 1.54. The molecule has 0 bridgehead atoms. The Labute approximate surface area is 195 Å². The minimum atomic E-state index is -0.658. The van der Waals surface area contributed by atoms with Crippen molar-refractivity contribution >= 4 is 11.8 Å². The van der Waals surface area contributed by atoms with E-state index >= 15 is 0 Å². The van der Waals surface area contributed by atoms with Crippen LogP contribution in [0.3, 0.4) is 0 Å². The first-order valence-corrected chi connectivity index (χ1v) is 11.5. The molecule has 3 aromatic rings. The number of rotatable bonds is 9. The fourth-order valence-corrected chi connectivity index (χ4v) is 4.02. The lowest BCUT2D eigenvalue weighted by atomic mass is 10.0. The molecule has 1 atom stereocenters. The summed E-state index contributed by atoms with van der Waals surface area (Å²) in [6.45, 7) is 2.43. The van der Waals surface area contributed by atoms with Crippen LogP contribution < -0.4 is 5.32 Å². The van der Waals surface area contributed by atoms with Crippen molar-refractivity contribution in [3.05, 3.63) is 101 Å². The number of nitrogens with one attached hydrogen (secondary N) is 1. The minimum absolute atomic E-state index is 0.0222. The summed E-state index contributed by atoms with van der Waals surface area (Å²) in [4.78, 5) is 28.7. The van der Waals surface area contributed by atoms with Crippen molar-refractivity contribution in [1.82, 2.24) is 10.2 Å². The Morgan fingerprint density at radius 3 is 2.24 bits per heavy atom. The third kappa shape index (κ3) is 6.01. The second kappa shape index (κ2) is 10.3. The number of aryl methyl sites for hydroxylation is 2. The zero-order valence-corrected chi connectivity index (χ0v) is 18.9. The fourth-order valence-electron chi connectivity index (χ4n) is 4.02. The van der Waals surface area contributed by atoms with Gasteiger partial charge in [0.1, 0.15) is 11.8 Å². The Morgan fingerprint density at radius 2 is 1.61 bits per heavy atom. The number of nitrogens with zero attached hydrogens (tertiary/aromatic N) is 1. The van der Waals surface area contributed by atoms with Crippen molar-refractivity contribution < 1.29 is 14.7 Å². The van der Waals surface area contributed by atoms with Gasteiger partial charge in [-0.15, -0.1) is 0 Å². The molecule has 0 heterocycles. The van der Waals surface area contributed by atoms with Gasteiger partial charge in [0, 0.05) is 19.0 Å². The van der Waals surface area contributed by atoms with Gasteiger partial charge in [-0.05, 0) is 55.0 Å². The van der Waals surface area contributed by atoms with Crippen molar-refractivity contribution in [3.63, 3.8) is 0 Å². The van der Waals surface area contributed by atoms with E-state index in [1.54, 1.807) is 17.0 Å². The van der Waals surface area contributed by atoms with Gasteiger partial charge in [0.25, 0.3) is 0 Å². The van der Waals surface area contributed by atoms with Crippen molar-refractivity contribution in [3.8, 4) is 5.75 Å². The minimum Gasteiger partial charge on any atom is -0.508 e. The van der Waals surface area contributed by atoms with Crippen LogP contribution in [0.1, 0.15) is 47.6 Å². The number of benzene rings is 3. The molecule has 1 aliphatic carbocycles. The summed E-state index contributed by atoms with van der Waals surface area (Å²) >= 11 is 0. The summed E-state index contributed by atoms with van der Waals surface area (Å²) in [5.74, 6) is 0.0257. The van der Waals surface area contributed by atoms with Crippen LogP contribution in [0.5, 0.6) is 5.75 Å². The number of phenols is 1. The Morgan fingerprint density at radius 1 is 0.939 bits per heavy atom. The molecule has 3 aromatic carbocycles. The third-order valence-corrected chi connectivity index (χ3v) is 6.02. The van der Waals surface area contributed by atoms with E-state index in [9.17, 15) is 14.7 Å². The van der Waals surface area contributed by atoms with Crippen LogP contribution in [0.25, 0.3) is 0 Å². The highest BCUT2D eigenvalue weighted by molar-refractivity contribution is 5.89. The maximum atomic E-state index is 13.5. The van der Waals surface area contributed by atoms with Crippen LogP contribution in [0.4, 0.5) is 0 Å². The normalized spacial score (nSPS) is 13.8. The summed E-state index contributed by atoms with van der Waals surface area (Å²) in [7, 11) is 0. The van der Waals surface area contributed by atoms with Gasteiger partial charge in [-0.25, -0.2) is 0 Å². The van der Waals surface area contributed by atoms with Crippen molar-refractivity contribution in [2.75, 3.05) is 0 Å². The Hall–Kier alpha value is -3.60. The van der Waals surface area contributed by atoms with Crippen LogP contribution in [0, 0.1) is 6.92 Å². The molecule has 0 aliphatic heterocycles. The standard InChI is InChI=1S/C28H30N2O3/c1-20-7-12-23(13-8-20)27(28(33)29-19-22-5-3-2-4-6-22)30(24-14-15-24)26(32)18-11-21-9-16-25(31)17-10-21/h2-10,12-13,16-17,24,27,31H,11,14-15,18-19H2,1H3,(H,29,33). The van der Waals surface area contributed by atoms with Crippen LogP contribution in [0.15, 0.2) is 78.9 Å². The highest BCUT2D eigenvalue weighted by atomic mass is 16.3. The molecule has 2 N–H and O–H groups in total. The second-order valence-corrected chi connectivity index (χ2v) is 8.72. The van der Waals surface area contributed by atoms with Crippen LogP contribution in [-0.2, 0) is 22.6 Å². The zero-order valence-electron chi connectivity index (χ0n) is 18.9. The van der Waals surface area contributed by atoms with Gasteiger partial charge in [-0.3, -0.25) is 9.59 Å². The fraction of sp³-hybridized carbons (Fsp3) is 0.286. The maximum Gasteiger partial charge on any atom is 0.247 e. The van der Waals surface area contributed by atoms with Gasteiger partial charge in [-0.2, -0.15) is 0 Å². The molecule has 0 spiro atoms. The van der Waals surface area contributed by atoms with E-state index in [1.165, 1.54) is 0 Å². The van der Waals surface area contributed by atoms with E-state index in [0.717, 1.165) is 35.1 Å². The van der Waals surface area contributed by atoms with E-state index in [0.29, 0.717) is 19.4 Å². The third-order valence-electron chi connectivity index (χ3n) is 6.02. The summed E-state index contributed by atoms with van der Waals surface area (Å²) in [6, 6.07) is 24.0. The van der Waals surface area contributed by atoms with Gasteiger partial charge in [0.05, 0.1) is 0 Å². The van der Waals surface area contributed by atoms with E-state index in [-0.39, 0.29) is 23.6 Å². The van der Waals surface area contributed by atoms with Crippen LogP contribution in [-0.4, -0.2) is 27.9 Å². The summed E-state index contributed by atoms with van der Waals surface area (Å²) in [5.41, 5.74) is 3.94. The summed E-state index contributed by atoms with van der Waals surface area (Å²) in [5, 5.41) is 12.5. The number of amides is 2. The molecule has 0 aromatic heterocycles. The van der Waals surface area contributed by atoms with Crippen LogP contribution >= 0.6 is 0 Å². The van der Waals surface area contributed by atoms with E-state index in [1.807, 2.05) is 73.7 Å². The van der Waals surface area contributed by atoms with Gasteiger partial charge in [0.15, 0.2) is 0 Å². The smallest absolute Gasteiger partial charge is 0.247 e. The first-order valence-electron chi connectivity index (χ1n) is 11.5. The molecule has 2 amide bonds. The second-order valence-electron chi connectivity index (χ2n) is 8.72. The average molecular weight is 443 g/mol. The van der Waals surface area contributed by atoms with Crippen LogP contribution in [0.2, 0.25) is 0 Å². The monoisotopic (exact) mass is 442 g/mol. The number of carbonyl (C=O) groups excluding carboxylic acids is 2. The summed E-state index contributed by atoms with van der Waals surface area (Å²) < 4.78 is 0. The van der Waals surface area contributed by atoms with Gasteiger partial charge in [0.2, 0.25) is 11.8 Å². The van der Waals surface area contributed by atoms with Crippen molar-refractivity contribution in [1.29, 1.82) is 0 Å². The number of carbonyl (C=O) groups is 2. The molecule has 5 nitrogen and oxygen atoms in total. The highest BCUT2D eigenvalue weighted by Crippen LogP contribution is 2.36. The molecular weight excluding hydrogens is 412 g/mol. The molecule has 33 heavy (non-hydrogen) atoms. The first-order chi connectivity index (χ1) is 16.0. The van der Waals surface area contributed by atoms with Gasteiger partial charge >= 0.3 is 0 Å². The average Bonchev–Trinajstić information content (AvgIpc) is 3.67. The maximum absolute atomic E-state index is 13.5. The zero-order chi connectivity index (χ0) is 23.2. The van der Waals surface area contributed by atoms with E-state index < -0.39 is 6.04 Å². The van der Waals surface area contributed by atoms with Gasteiger partial charge in [-0.1, -0.05) is 72.3 Å². The van der Waals surface area contributed by atoms with E-state index in [2.05, 4.69) is 5.32 Å². The molecule has 4 rings (SSSR count). The molecule has 1 fully saturated rings. The van der Waals surface area contributed by atoms with E-state index in [4.69, 9.17) is 0 Å². The molecule has 1 aliphatic rings. The summed E-state index contributed by atoms with van der Waals surface area (Å²) in [6.07, 6.45) is 2.71. The SMILES string of the molecule is Cc1ccc(C(C(=O)NCc2ccccc2)N(C(=O)CCc2ccc(O)cc2)C2CC2)cc1. The molecule has 1 saturated carbocycles. The highest BCUT2D eigenvalue weighted by Gasteiger charge is 2.40. The predicted molar refractivity (Wildman–Crippen MR) is 129 cm³/mol. The molecule has 5 heteroatoms. The lowest BCUT2D eigenvalue weighted by molar-refractivity contribution is -0.141. The number of phenolic OH excluding ortho intramolecular Hbond substituents is 1. The molecular formula is C28H30N2O3. The Bertz CT molecular complexity index is 1070. The largest absolute Gasteiger partial charge is 0.508 e. The predicted octanol–water partition coefficient (Wildman–Crippen LogP) is 4.68. The lowest BCUT2D eigenvalue weighted by Crippen LogP contribution is -2.45. The number of hydrogen-bond donors (Lipinski definition) is 2. The topological polar surface area (TPSA) is 69.6 Å².